The summed E-state index contributed by atoms with van der Waals surface area (Å²) in [6.45, 7) is 2.11. The summed E-state index contributed by atoms with van der Waals surface area (Å²) < 4.78 is 0. The third-order valence-corrected chi connectivity index (χ3v) is 2.44. The number of aliphatic carboxylic acids is 1. The van der Waals surface area contributed by atoms with Crippen LogP contribution < -0.4 is 0 Å². The van der Waals surface area contributed by atoms with Gasteiger partial charge in [0.05, 0.1) is 5.69 Å². The molecule has 0 aliphatic heterocycles. The van der Waals surface area contributed by atoms with E-state index >= 15 is 0 Å². The summed E-state index contributed by atoms with van der Waals surface area (Å²) >= 11 is 0. The minimum Gasteiger partial charge on any atom is -0.481 e. The van der Waals surface area contributed by atoms with E-state index in [0.717, 1.165) is 30.7 Å². The van der Waals surface area contributed by atoms with Gasteiger partial charge in [0.15, 0.2) is 0 Å². The van der Waals surface area contributed by atoms with Gasteiger partial charge in [0.1, 0.15) is 0 Å². The van der Waals surface area contributed by atoms with Crippen molar-refractivity contribution in [2.45, 2.75) is 39.0 Å². The quantitative estimate of drug-likeness (QED) is 0.728. The van der Waals surface area contributed by atoms with Gasteiger partial charge in [-0.05, 0) is 31.4 Å². The third kappa shape index (κ3) is 5.85. The van der Waals surface area contributed by atoms with Crippen LogP contribution in [0, 0.1) is 0 Å². The van der Waals surface area contributed by atoms with Crippen molar-refractivity contribution in [1.29, 1.82) is 0 Å². The fraction of sp³-hybridized carbons (Fsp3) is 0.429. The normalized spacial score (nSPS) is 11.5. The lowest BCUT2D eigenvalue weighted by Crippen LogP contribution is -2.01. The fourth-order valence-electron chi connectivity index (χ4n) is 1.65. The number of para-hydroxylation sites is 1. The number of nitrogens with zero attached hydrogens (tertiary/aromatic N) is 1. The Morgan fingerprint density at radius 1 is 1.18 bits per heavy atom. The van der Waals surface area contributed by atoms with Gasteiger partial charge in [-0.25, -0.2) is 0 Å². The molecule has 0 heterocycles. The molecule has 3 nitrogen and oxygen atoms in total. The van der Waals surface area contributed by atoms with Crippen molar-refractivity contribution in [3.63, 3.8) is 0 Å². The average molecular weight is 233 g/mol. The molecule has 0 radical (unpaired) electrons. The summed E-state index contributed by atoms with van der Waals surface area (Å²) in [6, 6.07) is 9.81. The van der Waals surface area contributed by atoms with E-state index in [1.807, 2.05) is 30.3 Å². The van der Waals surface area contributed by atoms with Crippen molar-refractivity contribution in [3.05, 3.63) is 30.3 Å². The van der Waals surface area contributed by atoms with Crippen LogP contribution in [-0.2, 0) is 4.79 Å². The first-order chi connectivity index (χ1) is 8.22. The molecule has 1 rings (SSSR count). The van der Waals surface area contributed by atoms with Gasteiger partial charge in [-0.2, -0.15) is 0 Å². The van der Waals surface area contributed by atoms with E-state index in [1.54, 1.807) is 0 Å². The number of carboxylic acid groups (broad SMARTS) is 1. The molecule has 3 heteroatoms. The van der Waals surface area contributed by atoms with E-state index in [2.05, 4.69) is 11.9 Å². The van der Waals surface area contributed by atoms with Crippen LogP contribution in [0.5, 0.6) is 0 Å². The first-order valence-electron chi connectivity index (χ1n) is 6.05. The molecule has 0 bridgehead atoms. The highest BCUT2D eigenvalue weighted by Gasteiger charge is 2.02. The molecule has 0 unspecified atom stereocenters. The minimum absolute atomic E-state index is 0.220. The van der Waals surface area contributed by atoms with Crippen LogP contribution in [-0.4, -0.2) is 16.8 Å². The second kappa shape index (κ2) is 7.60. The molecule has 0 aromatic heterocycles. The van der Waals surface area contributed by atoms with Crippen LogP contribution in [0.25, 0.3) is 0 Å². The molecular weight excluding hydrogens is 214 g/mol. The molecule has 0 aliphatic carbocycles. The van der Waals surface area contributed by atoms with E-state index in [1.165, 1.54) is 0 Å². The number of carbonyl (C=O) groups is 1. The van der Waals surface area contributed by atoms with E-state index in [-0.39, 0.29) is 6.42 Å². The van der Waals surface area contributed by atoms with E-state index < -0.39 is 5.97 Å². The zero-order valence-electron chi connectivity index (χ0n) is 10.2. The van der Waals surface area contributed by atoms with Gasteiger partial charge in [-0.1, -0.05) is 31.5 Å². The van der Waals surface area contributed by atoms with Crippen LogP contribution in [0.3, 0.4) is 0 Å². The highest BCUT2D eigenvalue weighted by atomic mass is 16.4. The summed E-state index contributed by atoms with van der Waals surface area (Å²) in [5.74, 6) is -0.736. The summed E-state index contributed by atoms with van der Waals surface area (Å²) in [5.41, 5.74) is 2.05. The third-order valence-electron chi connectivity index (χ3n) is 2.44. The first-order valence-corrected chi connectivity index (χ1v) is 6.05. The van der Waals surface area contributed by atoms with Gasteiger partial charge >= 0.3 is 5.97 Å². The van der Waals surface area contributed by atoms with Crippen molar-refractivity contribution >= 4 is 17.4 Å². The maximum absolute atomic E-state index is 10.5. The maximum Gasteiger partial charge on any atom is 0.303 e. The molecule has 1 N–H and O–H groups in total. The Bertz CT molecular complexity index is 371. The summed E-state index contributed by atoms with van der Waals surface area (Å²) in [5, 5.41) is 8.61. The zero-order valence-corrected chi connectivity index (χ0v) is 10.2. The van der Waals surface area contributed by atoms with Crippen LogP contribution in [0.4, 0.5) is 5.69 Å². The predicted molar refractivity (Wildman–Crippen MR) is 69.9 cm³/mol. The van der Waals surface area contributed by atoms with Crippen molar-refractivity contribution in [2.75, 3.05) is 0 Å². The van der Waals surface area contributed by atoms with Crippen molar-refractivity contribution in [1.82, 2.24) is 0 Å². The molecular formula is C14H19NO2. The van der Waals surface area contributed by atoms with Gasteiger partial charge in [-0.15, -0.1) is 0 Å². The Morgan fingerprint density at radius 3 is 2.47 bits per heavy atom. The van der Waals surface area contributed by atoms with Gasteiger partial charge in [0, 0.05) is 12.1 Å². The van der Waals surface area contributed by atoms with Gasteiger partial charge in [0.2, 0.25) is 0 Å². The number of aliphatic imine (C=N–C) groups is 1. The zero-order chi connectivity index (χ0) is 12.5. The lowest BCUT2D eigenvalue weighted by molar-refractivity contribution is -0.137. The minimum atomic E-state index is -0.736. The SMILES string of the molecule is CCCC(CCCC(=O)O)=Nc1ccccc1. The maximum atomic E-state index is 10.5. The standard InChI is InChI=1S/C14H19NO2/c1-2-7-12(10-6-11-14(16)17)15-13-8-4-3-5-9-13/h3-5,8-9H,2,6-7,10-11H2,1H3,(H,16,17). The first kappa shape index (κ1) is 13.4. The van der Waals surface area contributed by atoms with Crippen molar-refractivity contribution < 1.29 is 9.90 Å². The van der Waals surface area contributed by atoms with Gasteiger partial charge in [0.25, 0.3) is 0 Å². The molecule has 0 fully saturated rings. The second-order valence-electron chi connectivity index (χ2n) is 4.01. The largest absolute Gasteiger partial charge is 0.481 e. The number of rotatable bonds is 7. The van der Waals surface area contributed by atoms with E-state index in [4.69, 9.17) is 5.11 Å². The summed E-state index contributed by atoms with van der Waals surface area (Å²) in [7, 11) is 0. The molecule has 1 aromatic carbocycles. The topological polar surface area (TPSA) is 49.7 Å². The predicted octanol–water partition coefficient (Wildman–Crippen LogP) is 3.81. The Labute approximate surface area is 102 Å². The Morgan fingerprint density at radius 2 is 1.88 bits per heavy atom. The average Bonchev–Trinajstić information content (AvgIpc) is 2.30. The number of hydrogen-bond donors (Lipinski definition) is 1. The summed E-state index contributed by atoms with van der Waals surface area (Å²) in [4.78, 5) is 15.0. The Balaban J connectivity index is 2.58. The number of hydrogen-bond acceptors (Lipinski definition) is 2. The molecule has 1 aromatic rings. The Hall–Kier alpha value is -1.64. The molecule has 0 atom stereocenters. The van der Waals surface area contributed by atoms with Gasteiger partial charge < -0.3 is 5.11 Å². The molecule has 92 valence electrons. The van der Waals surface area contributed by atoms with E-state index in [0.29, 0.717) is 6.42 Å². The smallest absolute Gasteiger partial charge is 0.303 e. The van der Waals surface area contributed by atoms with Crippen molar-refractivity contribution in [2.24, 2.45) is 4.99 Å². The molecule has 0 aliphatic rings. The molecule has 0 saturated carbocycles. The molecule has 17 heavy (non-hydrogen) atoms. The van der Waals surface area contributed by atoms with Crippen LogP contribution >= 0.6 is 0 Å². The van der Waals surface area contributed by atoms with Crippen LogP contribution in [0.1, 0.15) is 39.0 Å². The molecule has 0 spiro atoms. The number of benzene rings is 1. The highest BCUT2D eigenvalue weighted by molar-refractivity contribution is 5.87. The van der Waals surface area contributed by atoms with E-state index in [9.17, 15) is 4.79 Å². The van der Waals surface area contributed by atoms with Crippen LogP contribution in [0.15, 0.2) is 35.3 Å². The second-order valence-corrected chi connectivity index (χ2v) is 4.01. The highest BCUT2D eigenvalue weighted by Crippen LogP contribution is 2.14. The molecule has 0 amide bonds. The van der Waals surface area contributed by atoms with Crippen LogP contribution in [0.2, 0.25) is 0 Å². The van der Waals surface area contributed by atoms with Gasteiger partial charge in [-0.3, -0.25) is 9.79 Å². The summed E-state index contributed by atoms with van der Waals surface area (Å²) in [6.07, 6.45) is 3.64. The monoisotopic (exact) mass is 233 g/mol. The fourth-order valence-corrected chi connectivity index (χ4v) is 1.65. The lowest BCUT2D eigenvalue weighted by Gasteiger charge is -2.04. The lowest BCUT2D eigenvalue weighted by atomic mass is 10.1. The Kier molecular flexibility index (Phi) is 6.00. The molecule has 0 saturated heterocycles. The van der Waals surface area contributed by atoms with Crippen molar-refractivity contribution in [3.8, 4) is 0 Å². The number of carboxylic acids is 1.